The number of hydrogen-bond donors (Lipinski definition) is 2. The number of amides is 2. The Morgan fingerprint density at radius 2 is 1.92 bits per heavy atom. The van der Waals surface area contributed by atoms with Crippen molar-refractivity contribution < 1.29 is 14.3 Å². The van der Waals surface area contributed by atoms with Crippen LogP contribution in [0.1, 0.15) is 21.5 Å². The summed E-state index contributed by atoms with van der Waals surface area (Å²) in [5.41, 5.74) is 2.77. The molecule has 126 valence electrons. The standard InChI is InChI=1S/C18H19ClN2O3/c1-11-7-8-13(9-16(11)24-3)18(23)20-10-17(22)21-15-6-4-5-14(19)12(15)2/h4-9H,10H2,1-3H3,(H,20,23)(H,21,22). The van der Waals surface area contributed by atoms with Gasteiger partial charge in [-0.25, -0.2) is 0 Å². The highest BCUT2D eigenvalue weighted by atomic mass is 35.5. The fraction of sp³-hybridized carbons (Fsp3) is 0.222. The highest BCUT2D eigenvalue weighted by Crippen LogP contribution is 2.22. The molecule has 0 fully saturated rings. The second-order valence-electron chi connectivity index (χ2n) is 5.33. The topological polar surface area (TPSA) is 67.4 Å². The number of benzene rings is 2. The van der Waals surface area contributed by atoms with E-state index in [9.17, 15) is 9.59 Å². The largest absolute Gasteiger partial charge is 0.496 e. The van der Waals surface area contributed by atoms with Gasteiger partial charge in [-0.3, -0.25) is 9.59 Å². The van der Waals surface area contributed by atoms with Crippen LogP contribution in [0.25, 0.3) is 0 Å². The number of carbonyl (C=O) groups excluding carboxylic acids is 2. The van der Waals surface area contributed by atoms with Crippen molar-refractivity contribution in [3.63, 3.8) is 0 Å². The Balaban J connectivity index is 1.96. The van der Waals surface area contributed by atoms with Crippen LogP contribution in [-0.4, -0.2) is 25.5 Å². The Labute approximate surface area is 146 Å². The molecule has 0 unspecified atom stereocenters. The summed E-state index contributed by atoms with van der Waals surface area (Å²) in [5.74, 6) is -0.0410. The van der Waals surface area contributed by atoms with Gasteiger partial charge in [-0.05, 0) is 49.2 Å². The monoisotopic (exact) mass is 346 g/mol. The number of anilines is 1. The van der Waals surface area contributed by atoms with Crippen LogP contribution in [0, 0.1) is 13.8 Å². The summed E-state index contributed by atoms with van der Waals surface area (Å²) in [5, 5.41) is 5.88. The predicted molar refractivity (Wildman–Crippen MR) is 94.9 cm³/mol. The first-order chi connectivity index (χ1) is 11.4. The van der Waals surface area contributed by atoms with E-state index >= 15 is 0 Å². The molecule has 0 aliphatic carbocycles. The maximum atomic E-state index is 12.1. The van der Waals surface area contributed by atoms with E-state index in [4.69, 9.17) is 16.3 Å². The van der Waals surface area contributed by atoms with Gasteiger partial charge < -0.3 is 15.4 Å². The molecule has 0 saturated heterocycles. The lowest BCUT2D eigenvalue weighted by Gasteiger charge is -2.11. The Kier molecular flexibility index (Phi) is 5.82. The highest BCUT2D eigenvalue weighted by molar-refractivity contribution is 6.31. The van der Waals surface area contributed by atoms with Crippen molar-refractivity contribution in [1.29, 1.82) is 0 Å². The number of nitrogens with one attached hydrogen (secondary N) is 2. The van der Waals surface area contributed by atoms with Crippen molar-refractivity contribution in [2.24, 2.45) is 0 Å². The molecule has 0 bridgehead atoms. The molecular formula is C18H19ClN2O3. The highest BCUT2D eigenvalue weighted by Gasteiger charge is 2.11. The summed E-state index contributed by atoms with van der Waals surface area (Å²) in [7, 11) is 1.55. The summed E-state index contributed by atoms with van der Waals surface area (Å²) < 4.78 is 5.19. The van der Waals surface area contributed by atoms with E-state index in [1.165, 1.54) is 0 Å². The summed E-state index contributed by atoms with van der Waals surface area (Å²) >= 11 is 6.01. The molecule has 0 heterocycles. The van der Waals surface area contributed by atoms with Crippen molar-refractivity contribution in [3.05, 3.63) is 58.1 Å². The van der Waals surface area contributed by atoms with Gasteiger partial charge in [0.1, 0.15) is 5.75 Å². The van der Waals surface area contributed by atoms with Crippen LogP contribution < -0.4 is 15.4 Å². The molecular weight excluding hydrogens is 328 g/mol. The third kappa shape index (κ3) is 4.26. The zero-order valence-corrected chi connectivity index (χ0v) is 14.5. The van der Waals surface area contributed by atoms with Gasteiger partial charge in [0, 0.05) is 16.3 Å². The van der Waals surface area contributed by atoms with Crippen molar-refractivity contribution in [3.8, 4) is 5.75 Å². The second kappa shape index (κ2) is 7.84. The van der Waals surface area contributed by atoms with Crippen molar-refractivity contribution in [2.45, 2.75) is 13.8 Å². The van der Waals surface area contributed by atoms with E-state index in [0.717, 1.165) is 11.1 Å². The molecule has 5 nitrogen and oxygen atoms in total. The molecule has 0 aliphatic heterocycles. The van der Waals surface area contributed by atoms with Crippen molar-refractivity contribution in [2.75, 3.05) is 19.0 Å². The first kappa shape index (κ1) is 17.8. The van der Waals surface area contributed by atoms with E-state index in [1.807, 2.05) is 13.8 Å². The molecule has 0 spiro atoms. The Morgan fingerprint density at radius 3 is 2.62 bits per heavy atom. The van der Waals surface area contributed by atoms with Gasteiger partial charge in [-0.15, -0.1) is 0 Å². The van der Waals surface area contributed by atoms with Crippen LogP contribution in [0.15, 0.2) is 36.4 Å². The zero-order chi connectivity index (χ0) is 17.7. The molecule has 2 aromatic rings. The lowest BCUT2D eigenvalue weighted by Crippen LogP contribution is -2.33. The minimum absolute atomic E-state index is 0.138. The average molecular weight is 347 g/mol. The van der Waals surface area contributed by atoms with Gasteiger partial charge in [0.05, 0.1) is 13.7 Å². The fourth-order valence-electron chi connectivity index (χ4n) is 2.16. The molecule has 0 atom stereocenters. The van der Waals surface area contributed by atoms with E-state index in [0.29, 0.717) is 22.0 Å². The number of hydrogen-bond acceptors (Lipinski definition) is 3. The van der Waals surface area contributed by atoms with E-state index in [-0.39, 0.29) is 18.4 Å². The first-order valence-corrected chi connectivity index (χ1v) is 7.78. The first-order valence-electron chi connectivity index (χ1n) is 7.40. The molecule has 2 aromatic carbocycles. The van der Waals surface area contributed by atoms with Gasteiger partial charge in [0.25, 0.3) is 5.91 Å². The Hall–Kier alpha value is -2.53. The van der Waals surface area contributed by atoms with Gasteiger partial charge in [0.15, 0.2) is 0 Å². The lowest BCUT2D eigenvalue weighted by molar-refractivity contribution is -0.115. The molecule has 2 N–H and O–H groups in total. The molecule has 0 saturated carbocycles. The number of ether oxygens (including phenoxy) is 1. The summed E-state index contributed by atoms with van der Waals surface area (Å²) in [6.07, 6.45) is 0. The number of rotatable bonds is 5. The van der Waals surface area contributed by atoms with Gasteiger partial charge in [-0.2, -0.15) is 0 Å². The molecule has 2 amide bonds. The average Bonchev–Trinajstić information content (AvgIpc) is 2.57. The number of carbonyl (C=O) groups is 2. The summed E-state index contributed by atoms with van der Waals surface area (Å²) in [6, 6.07) is 10.4. The van der Waals surface area contributed by atoms with Crippen LogP contribution in [0.3, 0.4) is 0 Å². The second-order valence-corrected chi connectivity index (χ2v) is 5.73. The Bertz CT molecular complexity index is 775. The van der Waals surface area contributed by atoms with Gasteiger partial charge in [-0.1, -0.05) is 23.7 Å². The quantitative estimate of drug-likeness (QED) is 0.872. The minimum atomic E-state index is -0.341. The van der Waals surface area contributed by atoms with Crippen molar-refractivity contribution in [1.82, 2.24) is 5.32 Å². The van der Waals surface area contributed by atoms with Crippen molar-refractivity contribution >= 4 is 29.1 Å². The molecule has 0 radical (unpaired) electrons. The maximum Gasteiger partial charge on any atom is 0.251 e. The van der Waals surface area contributed by atoms with Crippen LogP contribution >= 0.6 is 11.6 Å². The van der Waals surface area contributed by atoms with Crippen LogP contribution in [-0.2, 0) is 4.79 Å². The van der Waals surface area contributed by atoms with Gasteiger partial charge >= 0.3 is 0 Å². The number of aryl methyl sites for hydroxylation is 1. The third-order valence-corrected chi connectivity index (χ3v) is 4.03. The van der Waals surface area contributed by atoms with E-state index in [2.05, 4.69) is 10.6 Å². The van der Waals surface area contributed by atoms with E-state index in [1.54, 1.807) is 43.5 Å². The molecule has 6 heteroatoms. The fourth-order valence-corrected chi connectivity index (χ4v) is 2.34. The predicted octanol–water partition coefficient (Wildman–Crippen LogP) is 3.33. The third-order valence-electron chi connectivity index (χ3n) is 3.62. The normalized spacial score (nSPS) is 10.2. The minimum Gasteiger partial charge on any atom is -0.496 e. The van der Waals surface area contributed by atoms with E-state index < -0.39 is 0 Å². The van der Waals surface area contributed by atoms with Crippen LogP contribution in [0.5, 0.6) is 5.75 Å². The maximum absolute atomic E-state index is 12.1. The van der Waals surface area contributed by atoms with Gasteiger partial charge in [0.2, 0.25) is 5.91 Å². The summed E-state index contributed by atoms with van der Waals surface area (Å²) in [6.45, 7) is 3.57. The molecule has 0 aromatic heterocycles. The van der Waals surface area contributed by atoms with Crippen LogP contribution in [0.4, 0.5) is 5.69 Å². The number of halogens is 1. The number of methoxy groups -OCH3 is 1. The Morgan fingerprint density at radius 1 is 1.17 bits per heavy atom. The smallest absolute Gasteiger partial charge is 0.251 e. The molecule has 2 rings (SSSR count). The van der Waals surface area contributed by atoms with Crippen LogP contribution in [0.2, 0.25) is 5.02 Å². The lowest BCUT2D eigenvalue weighted by atomic mass is 10.1. The zero-order valence-electron chi connectivity index (χ0n) is 13.8. The molecule has 24 heavy (non-hydrogen) atoms. The SMILES string of the molecule is COc1cc(C(=O)NCC(=O)Nc2cccc(Cl)c2C)ccc1C. The molecule has 0 aliphatic rings. The summed E-state index contributed by atoms with van der Waals surface area (Å²) in [4.78, 5) is 24.1.